The topological polar surface area (TPSA) is 64.0 Å². The first-order valence-corrected chi connectivity index (χ1v) is 12.1. The number of amides is 1. The van der Waals surface area contributed by atoms with Gasteiger partial charge in [-0.25, -0.2) is 0 Å². The molecule has 174 valence electrons. The van der Waals surface area contributed by atoms with E-state index in [0.717, 1.165) is 12.8 Å². The third-order valence-corrected chi connectivity index (χ3v) is 8.12. The van der Waals surface area contributed by atoms with Crippen LogP contribution in [0.1, 0.15) is 55.9 Å². The van der Waals surface area contributed by atoms with Gasteiger partial charge in [0, 0.05) is 31.0 Å². The Labute approximate surface area is 196 Å². The van der Waals surface area contributed by atoms with Crippen LogP contribution in [0.3, 0.4) is 0 Å². The molecular weight excluding hydrogens is 412 g/mol. The molecule has 1 aliphatic carbocycles. The monoisotopic (exact) mass is 446 g/mol. The van der Waals surface area contributed by atoms with Gasteiger partial charge in [-0.1, -0.05) is 55.5 Å². The van der Waals surface area contributed by atoms with Crippen LogP contribution in [-0.4, -0.2) is 56.7 Å². The minimum absolute atomic E-state index is 0.0111. The summed E-state index contributed by atoms with van der Waals surface area (Å²) in [6, 6.07) is 17.3. The second kappa shape index (κ2) is 7.91. The molecule has 2 heterocycles. The quantitative estimate of drug-likeness (QED) is 0.732. The van der Waals surface area contributed by atoms with E-state index in [0.29, 0.717) is 13.1 Å². The van der Waals surface area contributed by atoms with Crippen LogP contribution in [0.5, 0.6) is 0 Å². The molecule has 0 spiro atoms. The predicted octanol–water partition coefficient (Wildman–Crippen LogP) is 4.01. The molecule has 0 aromatic heterocycles. The van der Waals surface area contributed by atoms with Gasteiger partial charge in [-0.2, -0.15) is 0 Å². The first-order chi connectivity index (χ1) is 15.7. The fourth-order valence-corrected chi connectivity index (χ4v) is 5.93. The molecule has 1 saturated heterocycles. The SMILES string of the molecule is CC(C)N1CC(C2c3ccccc3CCc3ccccc32)N2CC(C)C(C)(O)C(O)=C2C1=O. The lowest BCUT2D eigenvalue weighted by atomic mass is 9.77. The molecule has 0 radical (unpaired) electrons. The van der Waals surface area contributed by atoms with Crippen molar-refractivity contribution in [1.82, 2.24) is 9.80 Å². The minimum Gasteiger partial charge on any atom is -0.507 e. The molecule has 2 aromatic rings. The van der Waals surface area contributed by atoms with Gasteiger partial charge in [-0.3, -0.25) is 4.79 Å². The molecule has 2 N–H and O–H groups in total. The number of aryl methyl sites for hydroxylation is 2. The van der Waals surface area contributed by atoms with Crippen molar-refractivity contribution in [3.05, 3.63) is 82.2 Å². The summed E-state index contributed by atoms with van der Waals surface area (Å²) in [6.45, 7) is 8.69. The Hall–Kier alpha value is -2.79. The van der Waals surface area contributed by atoms with Crippen LogP contribution >= 0.6 is 0 Å². The minimum atomic E-state index is -1.43. The van der Waals surface area contributed by atoms with Gasteiger partial charge in [0.15, 0.2) is 5.76 Å². The zero-order valence-corrected chi connectivity index (χ0v) is 20.0. The van der Waals surface area contributed by atoms with Crippen LogP contribution in [0.4, 0.5) is 0 Å². The van der Waals surface area contributed by atoms with Crippen molar-refractivity contribution in [1.29, 1.82) is 0 Å². The molecule has 2 aliphatic heterocycles. The highest BCUT2D eigenvalue weighted by Gasteiger charge is 2.51. The highest BCUT2D eigenvalue weighted by atomic mass is 16.3. The number of nitrogens with zero attached hydrogens (tertiary/aromatic N) is 2. The van der Waals surface area contributed by atoms with E-state index in [2.05, 4.69) is 53.4 Å². The summed E-state index contributed by atoms with van der Waals surface area (Å²) >= 11 is 0. The Bertz CT molecular complexity index is 1070. The van der Waals surface area contributed by atoms with Crippen molar-refractivity contribution >= 4 is 5.91 Å². The first-order valence-electron chi connectivity index (χ1n) is 12.1. The second-order valence-electron chi connectivity index (χ2n) is 10.4. The fourth-order valence-electron chi connectivity index (χ4n) is 5.93. The first kappa shape index (κ1) is 22.0. The molecule has 1 amide bonds. The van der Waals surface area contributed by atoms with Gasteiger partial charge in [0.2, 0.25) is 0 Å². The average molecular weight is 447 g/mol. The number of hydrogen-bond donors (Lipinski definition) is 2. The maximum Gasteiger partial charge on any atom is 0.274 e. The van der Waals surface area contributed by atoms with E-state index in [1.807, 2.05) is 25.7 Å². The summed E-state index contributed by atoms with van der Waals surface area (Å²) in [5, 5.41) is 22.2. The predicted molar refractivity (Wildman–Crippen MR) is 129 cm³/mol. The summed E-state index contributed by atoms with van der Waals surface area (Å²) in [5.74, 6) is -0.538. The number of piperazine rings is 1. The Morgan fingerprint density at radius 3 is 2.06 bits per heavy atom. The fraction of sp³-hybridized carbons (Fsp3) is 0.464. The van der Waals surface area contributed by atoms with Gasteiger partial charge in [-0.05, 0) is 55.9 Å². The Morgan fingerprint density at radius 1 is 0.970 bits per heavy atom. The standard InChI is InChI=1S/C28H34N2O3/c1-17(2)29-16-23(30-15-18(3)28(4,33)26(31)25(30)27(29)32)24-21-11-7-5-9-19(21)13-14-20-10-6-8-12-22(20)24/h5-12,17-18,23-24,31,33H,13-16H2,1-4H3. The van der Waals surface area contributed by atoms with Crippen molar-refractivity contribution in [2.45, 2.75) is 64.1 Å². The molecule has 3 atom stereocenters. The van der Waals surface area contributed by atoms with Crippen LogP contribution in [0.15, 0.2) is 60.0 Å². The summed E-state index contributed by atoms with van der Waals surface area (Å²) in [4.78, 5) is 17.5. The van der Waals surface area contributed by atoms with Crippen LogP contribution in [0.25, 0.3) is 0 Å². The molecule has 2 aromatic carbocycles. The van der Waals surface area contributed by atoms with E-state index in [4.69, 9.17) is 0 Å². The van der Waals surface area contributed by atoms with Crippen molar-refractivity contribution in [2.24, 2.45) is 5.92 Å². The molecule has 5 heteroatoms. The molecule has 0 saturated carbocycles. The van der Waals surface area contributed by atoms with Crippen LogP contribution in [0.2, 0.25) is 0 Å². The van der Waals surface area contributed by atoms with Gasteiger partial charge in [-0.15, -0.1) is 0 Å². The molecule has 33 heavy (non-hydrogen) atoms. The van der Waals surface area contributed by atoms with Crippen LogP contribution < -0.4 is 0 Å². The number of benzene rings is 2. The lowest BCUT2D eigenvalue weighted by molar-refractivity contribution is -0.140. The van der Waals surface area contributed by atoms with Crippen molar-refractivity contribution < 1.29 is 15.0 Å². The zero-order chi connectivity index (χ0) is 23.5. The summed E-state index contributed by atoms with van der Waals surface area (Å²) in [5.41, 5.74) is 4.13. The largest absolute Gasteiger partial charge is 0.507 e. The summed E-state index contributed by atoms with van der Waals surface area (Å²) in [7, 11) is 0. The molecule has 5 nitrogen and oxygen atoms in total. The normalized spacial score (nSPS) is 27.9. The lowest BCUT2D eigenvalue weighted by Gasteiger charge is -2.53. The van der Waals surface area contributed by atoms with Crippen molar-refractivity contribution in [3.8, 4) is 0 Å². The van der Waals surface area contributed by atoms with E-state index < -0.39 is 5.60 Å². The van der Waals surface area contributed by atoms with Crippen LogP contribution in [-0.2, 0) is 17.6 Å². The number of hydrogen-bond acceptors (Lipinski definition) is 4. The summed E-state index contributed by atoms with van der Waals surface area (Å²) in [6.07, 6.45) is 1.98. The average Bonchev–Trinajstić information content (AvgIpc) is 2.95. The highest BCUT2D eigenvalue weighted by Crippen LogP contribution is 2.45. The van der Waals surface area contributed by atoms with Gasteiger partial charge in [0.1, 0.15) is 11.3 Å². The molecule has 3 aliphatic rings. The third kappa shape index (κ3) is 3.36. The zero-order valence-electron chi connectivity index (χ0n) is 20.0. The van der Waals surface area contributed by atoms with E-state index in [9.17, 15) is 15.0 Å². The van der Waals surface area contributed by atoms with Gasteiger partial charge >= 0.3 is 0 Å². The van der Waals surface area contributed by atoms with Gasteiger partial charge in [0.05, 0.1) is 6.04 Å². The van der Waals surface area contributed by atoms with Gasteiger partial charge < -0.3 is 20.0 Å². The molecule has 0 bridgehead atoms. The molecule has 5 rings (SSSR count). The maximum absolute atomic E-state index is 13.5. The van der Waals surface area contributed by atoms with Crippen molar-refractivity contribution in [2.75, 3.05) is 13.1 Å². The van der Waals surface area contributed by atoms with E-state index in [1.54, 1.807) is 6.92 Å². The smallest absolute Gasteiger partial charge is 0.274 e. The molecule has 3 unspecified atom stereocenters. The third-order valence-electron chi connectivity index (χ3n) is 8.12. The van der Waals surface area contributed by atoms with Crippen LogP contribution in [0, 0.1) is 5.92 Å². The number of aliphatic hydroxyl groups excluding tert-OH is 1. The van der Waals surface area contributed by atoms with Crippen molar-refractivity contribution in [3.63, 3.8) is 0 Å². The van der Waals surface area contributed by atoms with Gasteiger partial charge in [0.25, 0.3) is 5.91 Å². The van der Waals surface area contributed by atoms with E-state index in [-0.39, 0.29) is 41.3 Å². The number of aliphatic hydroxyl groups is 2. The molecule has 1 fully saturated rings. The number of fused-ring (bicyclic) bond motifs is 3. The Balaban J connectivity index is 1.74. The summed E-state index contributed by atoms with van der Waals surface area (Å²) < 4.78 is 0. The van der Waals surface area contributed by atoms with E-state index >= 15 is 0 Å². The van der Waals surface area contributed by atoms with E-state index in [1.165, 1.54) is 22.3 Å². The maximum atomic E-state index is 13.5. The Morgan fingerprint density at radius 2 is 1.52 bits per heavy atom. The Kier molecular flexibility index (Phi) is 5.28. The highest BCUT2D eigenvalue weighted by molar-refractivity contribution is 5.95. The lowest BCUT2D eigenvalue weighted by Crippen LogP contribution is -2.63. The second-order valence-corrected chi connectivity index (χ2v) is 10.4. The number of rotatable bonds is 2. The number of carbonyl (C=O) groups is 1. The molecular formula is C28H34N2O3. The number of carbonyl (C=O) groups excluding carboxylic acids is 1.